The first-order chi connectivity index (χ1) is 13.7. The predicted molar refractivity (Wildman–Crippen MR) is 110 cm³/mol. The Kier molecular flexibility index (Phi) is 6.39. The van der Waals surface area contributed by atoms with E-state index in [0.29, 0.717) is 27.4 Å². The van der Waals surface area contributed by atoms with Crippen molar-refractivity contribution in [1.82, 2.24) is 9.36 Å². The molecule has 0 aliphatic rings. The molecule has 0 saturated carbocycles. The standard InChI is InChI=1S/C17H11ClN4O4S3/c1-29(24,25)17-21-16(28-22-17)20-15(23)10(9-19)8-12-4-7-14(26-12)27-13-5-2-11(18)3-6-13/h2-8H,1H3,(H,20,21,22,23)/b10-8-. The van der Waals surface area contributed by atoms with Gasteiger partial charge in [-0.05, 0) is 36.4 Å². The highest BCUT2D eigenvalue weighted by Crippen LogP contribution is 2.30. The monoisotopic (exact) mass is 466 g/mol. The second-order valence-electron chi connectivity index (χ2n) is 5.49. The van der Waals surface area contributed by atoms with Crippen LogP contribution in [-0.4, -0.2) is 29.9 Å². The van der Waals surface area contributed by atoms with Crippen LogP contribution in [0.15, 0.2) is 61.5 Å². The van der Waals surface area contributed by atoms with Crippen molar-refractivity contribution in [2.45, 2.75) is 15.1 Å². The maximum absolute atomic E-state index is 12.3. The molecule has 0 fully saturated rings. The molecule has 8 nitrogen and oxygen atoms in total. The number of rotatable bonds is 6. The number of carbonyl (C=O) groups excluding carboxylic acids is 1. The summed E-state index contributed by atoms with van der Waals surface area (Å²) in [5, 5.41) is 12.4. The van der Waals surface area contributed by atoms with Gasteiger partial charge in [-0.25, -0.2) is 8.42 Å². The van der Waals surface area contributed by atoms with Gasteiger partial charge < -0.3 is 4.42 Å². The van der Waals surface area contributed by atoms with Crippen LogP contribution in [0.1, 0.15) is 5.76 Å². The molecular formula is C17H11ClN4O4S3. The fraction of sp³-hybridized carbons (Fsp3) is 0.0588. The molecule has 29 heavy (non-hydrogen) atoms. The zero-order chi connectivity index (χ0) is 21.0. The summed E-state index contributed by atoms with van der Waals surface area (Å²) in [5.41, 5.74) is -0.238. The van der Waals surface area contributed by atoms with Crippen LogP contribution in [0.25, 0.3) is 6.08 Å². The Hall–Kier alpha value is -2.65. The largest absolute Gasteiger partial charge is 0.450 e. The summed E-state index contributed by atoms with van der Waals surface area (Å²) in [7, 11) is -3.59. The minimum atomic E-state index is -3.59. The van der Waals surface area contributed by atoms with Crippen molar-refractivity contribution in [2.75, 3.05) is 11.6 Å². The van der Waals surface area contributed by atoms with Gasteiger partial charge in [0.05, 0.1) is 0 Å². The Balaban J connectivity index is 1.71. The number of amides is 1. The molecule has 0 aliphatic carbocycles. The second-order valence-corrected chi connectivity index (χ2v) is 9.67. The number of sulfone groups is 1. The molecule has 2 heterocycles. The van der Waals surface area contributed by atoms with Crippen LogP contribution in [0.3, 0.4) is 0 Å². The normalized spacial score (nSPS) is 11.8. The van der Waals surface area contributed by atoms with Crippen LogP contribution < -0.4 is 5.32 Å². The quantitative estimate of drug-likeness (QED) is 0.428. The van der Waals surface area contributed by atoms with Gasteiger partial charge in [-0.1, -0.05) is 23.4 Å². The van der Waals surface area contributed by atoms with Gasteiger partial charge in [0.2, 0.25) is 15.0 Å². The molecule has 0 bridgehead atoms. The smallest absolute Gasteiger partial charge is 0.268 e. The zero-order valence-electron chi connectivity index (χ0n) is 14.6. The molecule has 1 amide bonds. The Morgan fingerprint density at radius 1 is 1.31 bits per heavy atom. The van der Waals surface area contributed by atoms with E-state index in [1.165, 1.54) is 17.8 Å². The van der Waals surface area contributed by atoms with Gasteiger partial charge in [-0.15, -0.1) is 0 Å². The first-order valence-electron chi connectivity index (χ1n) is 7.75. The van der Waals surface area contributed by atoms with E-state index in [-0.39, 0.29) is 10.7 Å². The number of halogens is 1. The van der Waals surface area contributed by atoms with E-state index in [1.807, 2.05) is 12.1 Å². The lowest BCUT2D eigenvalue weighted by molar-refractivity contribution is -0.112. The topological polar surface area (TPSA) is 126 Å². The van der Waals surface area contributed by atoms with Crippen molar-refractivity contribution in [3.8, 4) is 6.07 Å². The van der Waals surface area contributed by atoms with Gasteiger partial charge in [-0.3, -0.25) is 10.1 Å². The molecule has 2 aromatic heterocycles. The fourth-order valence-corrected chi connectivity index (χ4v) is 4.30. The molecule has 3 aromatic rings. The molecule has 0 radical (unpaired) electrons. The number of nitrogens with zero attached hydrogens (tertiary/aromatic N) is 3. The highest BCUT2D eigenvalue weighted by atomic mass is 35.5. The summed E-state index contributed by atoms with van der Waals surface area (Å²) in [5.74, 6) is -0.450. The number of nitrogens with one attached hydrogen (secondary N) is 1. The number of nitriles is 1. The molecular weight excluding hydrogens is 456 g/mol. The summed E-state index contributed by atoms with van der Waals surface area (Å²) in [6.07, 6.45) is 2.23. The van der Waals surface area contributed by atoms with Crippen molar-refractivity contribution < 1.29 is 17.6 Å². The second kappa shape index (κ2) is 8.79. The van der Waals surface area contributed by atoms with Gasteiger partial charge in [0.15, 0.2) is 5.09 Å². The first-order valence-corrected chi connectivity index (χ1v) is 11.6. The number of carbonyl (C=O) groups is 1. The maximum atomic E-state index is 12.3. The van der Waals surface area contributed by atoms with Crippen molar-refractivity contribution in [1.29, 1.82) is 5.26 Å². The van der Waals surface area contributed by atoms with Crippen molar-refractivity contribution in [3.05, 3.63) is 52.8 Å². The van der Waals surface area contributed by atoms with Gasteiger partial charge in [0, 0.05) is 33.8 Å². The van der Waals surface area contributed by atoms with Crippen molar-refractivity contribution in [2.24, 2.45) is 0 Å². The molecule has 1 aromatic carbocycles. The van der Waals surface area contributed by atoms with Crippen molar-refractivity contribution >= 4 is 61.8 Å². The van der Waals surface area contributed by atoms with E-state index < -0.39 is 20.9 Å². The van der Waals surface area contributed by atoms with Gasteiger partial charge in [0.1, 0.15) is 17.4 Å². The molecule has 0 unspecified atom stereocenters. The van der Waals surface area contributed by atoms with Gasteiger partial charge in [0.25, 0.3) is 11.1 Å². The lowest BCUT2D eigenvalue weighted by atomic mass is 10.2. The van der Waals surface area contributed by atoms with E-state index in [9.17, 15) is 18.5 Å². The number of furan rings is 1. The highest BCUT2D eigenvalue weighted by molar-refractivity contribution is 7.99. The van der Waals surface area contributed by atoms with Crippen LogP contribution in [0.5, 0.6) is 0 Å². The van der Waals surface area contributed by atoms with E-state index in [0.717, 1.165) is 11.2 Å². The lowest BCUT2D eigenvalue weighted by Gasteiger charge is -1.99. The average molecular weight is 467 g/mol. The minimum Gasteiger partial charge on any atom is -0.450 e. The molecule has 0 saturated heterocycles. The van der Waals surface area contributed by atoms with E-state index in [2.05, 4.69) is 14.7 Å². The SMILES string of the molecule is CS(=O)(=O)c1nsc(NC(=O)/C(C#N)=C\c2ccc(Sc3ccc(Cl)cc3)o2)n1. The third-order valence-electron chi connectivity index (χ3n) is 3.25. The highest BCUT2D eigenvalue weighted by Gasteiger charge is 2.18. The number of anilines is 1. The van der Waals surface area contributed by atoms with Crippen LogP contribution in [0.2, 0.25) is 5.02 Å². The summed E-state index contributed by atoms with van der Waals surface area (Å²) < 4.78 is 32.1. The zero-order valence-corrected chi connectivity index (χ0v) is 17.8. The Bertz CT molecular complexity index is 1220. The molecule has 3 rings (SSSR count). The third-order valence-corrected chi connectivity index (χ3v) is 6.02. The van der Waals surface area contributed by atoms with Crippen LogP contribution in [0, 0.1) is 11.3 Å². The Morgan fingerprint density at radius 2 is 2.03 bits per heavy atom. The Labute approximate surface area is 179 Å². The van der Waals surface area contributed by atoms with Crippen LogP contribution >= 0.6 is 34.9 Å². The maximum Gasteiger partial charge on any atom is 0.268 e. The van der Waals surface area contributed by atoms with Gasteiger partial charge >= 0.3 is 0 Å². The molecule has 0 spiro atoms. The number of hydrogen-bond donors (Lipinski definition) is 1. The molecule has 0 aliphatic heterocycles. The Morgan fingerprint density at radius 3 is 2.66 bits per heavy atom. The van der Waals surface area contributed by atoms with Crippen molar-refractivity contribution in [3.63, 3.8) is 0 Å². The third kappa shape index (κ3) is 5.68. The van der Waals surface area contributed by atoms with E-state index >= 15 is 0 Å². The van der Waals surface area contributed by atoms with Crippen LogP contribution in [0.4, 0.5) is 5.13 Å². The molecule has 1 N–H and O–H groups in total. The number of benzene rings is 1. The van der Waals surface area contributed by atoms with Gasteiger partial charge in [-0.2, -0.15) is 14.6 Å². The summed E-state index contributed by atoms with van der Waals surface area (Å²) in [6, 6.07) is 12.3. The summed E-state index contributed by atoms with van der Waals surface area (Å²) in [4.78, 5) is 16.9. The number of aromatic nitrogens is 2. The van der Waals surface area contributed by atoms with E-state index in [4.69, 9.17) is 16.0 Å². The fourth-order valence-electron chi connectivity index (χ4n) is 1.95. The molecule has 12 heteroatoms. The summed E-state index contributed by atoms with van der Waals surface area (Å²) in [6.45, 7) is 0. The summed E-state index contributed by atoms with van der Waals surface area (Å²) >= 11 is 7.91. The van der Waals surface area contributed by atoms with Crippen LogP contribution in [-0.2, 0) is 14.6 Å². The van der Waals surface area contributed by atoms with E-state index in [1.54, 1.807) is 30.3 Å². The predicted octanol–water partition coefficient (Wildman–Crippen LogP) is 3.88. The average Bonchev–Trinajstić information content (AvgIpc) is 3.31. The lowest BCUT2D eigenvalue weighted by Crippen LogP contribution is -2.13. The molecule has 0 atom stereocenters. The first kappa shape index (κ1) is 21.1. The number of hydrogen-bond acceptors (Lipinski definition) is 9. The molecule has 148 valence electrons. The minimum absolute atomic E-state index is 0.0324.